The first-order valence-electron chi connectivity index (χ1n) is 6.29. The van der Waals surface area contributed by atoms with Crippen LogP contribution in [0, 0.1) is 5.92 Å². The minimum absolute atomic E-state index is 0.116. The molecular formula is C12H17N3O4. The summed E-state index contributed by atoms with van der Waals surface area (Å²) >= 11 is 0. The molecule has 2 rings (SSSR count). The quantitative estimate of drug-likeness (QED) is 0.757. The van der Waals surface area contributed by atoms with Gasteiger partial charge in [0.15, 0.2) is 0 Å². The maximum Gasteiger partial charge on any atom is 0.308 e. The molecule has 0 radical (unpaired) electrons. The van der Waals surface area contributed by atoms with E-state index < -0.39 is 11.9 Å². The average molecular weight is 267 g/mol. The lowest BCUT2D eigenvalue weighted by molar-refractivity contribution is -0.142. The molecular weight excluding hydrogens is 250 g/mol. The summed E-state index contributed by atoms with van der Waals surface area (Å²) in [6, 6.07) is -0.337. The van der Waals surface area contributed by atoms with E-state index in [1.807, 2.05) is 0 Å². The van der Waals surface area contributed by atoms with Crippen LogP contribution < -0.4 is 0 Å². The fourth-order valence-electron chi connectivity index (χ4n) is 2.55. The lowest BCUT2D eigenvalue weighted by Crippen LogP contribution is -2.43. The van der Waals surface area contributed by atoms with Crippen LogP contribution in [0.2, 0.25) is 0 Å². The van der Waals surface area contributed by atoms with Gasteiger partial charge in [0.25, 0.3) is 5.91 Å². The number of hydrogen-bond donors (Lipinski definition) is 1. The zero-order chi connectivity index (χ0) is 14.2. The van der Waals surface area contributed by atoms with Gasteiger partial charge in [0.1, 0.15) is 5.71 Å². The number of amides is 2. The first-order valence-corrected chi connectivity index (χ1v) is 6.29. The number of carbonyl (C=O) groups excluding carboxylic acids is 2. The molecule has 1 N–H and O–H groups in total. The molecule has 0 aromatic rings. The summed E-state index contributed by atoms with van der Waals surface area (Å²) < 4.78 is 0. The molecule has 0 aromatic carbocycles. The molecule has 19 heavy (non-hydrogen) atoms. The smallest absolute Gasteiger partial charge is 0.308 e. The third-order valence-electron chi connectivity index (χ3n) is 3.79. The SMILES string of the molecule is CC1C(C(=O)O)CCN1C(=O)C1=NN(C)C(=O)CC1. The molecule has 2 unspecified atom stereocenters. The average Bonchev–Trinajstić information content (AvgIpc) is 2.74. The molecule has 0 spiro atoms. The van der Waals surface area contributed by atoms with Gasteiger partial charge in [0.2, 0.25) is 5.91 Å². The van der Waals surface area contributed by atoms with Gasteiger partial charge in [-0.2, -0.15) is 5.10 Å². The Morgan fingerprint density at radius 2 is 2.05 bits per heavy atom. The molecule has 1 saturated heterocycles. The Bertz CT molecular complexity index is 460. The summed E-state index contributed by atoms with van der Waals surface area (Å²) in [5, 5.41) is 14.2. The number of aliphatic carboxylic acids is 1. The molecule has 0 bridgehead atoms. The predicted molar refractivity (Wildman–Crippen MR) is 66.4 cm³/mol. The van der Waals surface area contributed by atoms with Crippen molar-refractivity contribution in [3.8, 4) is 0 Å². The monoisotopic (exact) mass is 267 g/mol. The van der Waals surface area contributed by atoms with Crippen LogP contribution in [0.15, 0.2) is 5.10 Å². The van der Waals surface area contributed by atoms with Crippen molar-refractivity contribution in [3.63, 3.8) is 0 Å². The van der Waals surface area contributed by atoms with E-state index >= 15 is 0 Å². The first kappa shape index (κ1) is 13.5. The Kier molecular flexibility index (Phi) is 3.55. The van der Waals surface area contributed by atoms with E-state index in [-0.39, 0.29) is 24.3 Å². The number of carbonyl (C=O) groups is 3. The van der Waals surface area contributed by atoms with Crippen LogP contribution >= 0.6 is 0 Å². The van der Waals surface area contributed by atoms with Gasteiger partial charge >= 0.3 is 5.97 Å². The van der Waals surface area contributed by atoms with Crippen molar-refractivity contribution in [1.82, 2.24) is 9.91 Å². The van der Waals surface area contributed by atoms with Crippen molar-refractivity contribution in [2.45, 2.75) is 32.2 Å². The zero-order valence-corrected chi connectivity index (χ0v) is 11.0. The highest BCUT2D eigenvalue weighted by Gasteiger charge is 2.39. The molecule has 0 aliphatic carbocycles. The summed E-state index contributed by atoms with van der Waals surface area (Å²) in [6.07, 6.45) is 1.05. The van der Waals surface area contributed by atoms with Crippen molar-refractivity contribution in [1.29, 1.82) is 0 Å². The summed E-state index contributed by atoms with van der Waals surface area (Å²) in [5.41, 5.74) is 0.333. The number of rotatable bonds is 2. The molecule has 2 atom stereocenters. The number of carboxylic acids is 1. The van der Waals surface area contributed by atoms with Crippen LogP contribution in [0.1, 0.15) is 26.2 Å². The van der Waals surface area contributed by atoms with Crippen molar-refractivity contribution >= 4 is 23.5 Å². The zero-order valence-electron chi connectivity index (χ0n) is 11.0. The van der Waals surface area contributed by atoms with E-state index in [9.17, 15) is 14.4 Å². The van der Waals surface area contributed by atoms with Crippen molar-refractivity contribution < 1.29 is 19.5 Å². The van der Waals surface area contributed by atoms with Gasteiger partial charge in [0.05, 0.1) is 5.92 Å². The highest BCUT2D eigenvalue weighted by Crippen LogP contribution is 2.25. The van der Waals surface area contributed by atoms with Gasteiger partial charge in [-0.3, -0.25) is 14.4 Å². The molecule has 2 amide bonds. The third-order valence-corrected chi connectivity index (χ3v) is 3.79. The Balaban J connectivity index is 2.11. The standard InChI is InChI=1S/C12H17N3O4/c1-7-8(12(18)19)5-6-15(7)11(17)9-3-4-10(16)14(2)13-9/h7-8H,3-6H2,1-2H3,(H,18,19). The second kappa shape index (κ2) is 4.99. The minimum atomic E-state index is -0.874. The molecule has 0 saturated carbocycles. The fraction of sp³-hybridized carbons (Fsp3) is 0.667. The van der Waals surface area contributed by atoms with E-state index in [1.165, 1.54) is 12.1 Å². The highest BCUT2D eigenvalue weighted by atomic mass is 16.4. The molecule has 7 nitrogen and oxygen atoms in total. The third kappa shape index (κ3) is 2.45. The molecule has 2 aliphatic rings. The van der Waals surface area contributed by atoms with E-state index in [4.69, 9.17) is 5.11 Å². The maximum atomic E-state index is 12.3. The number of likely N-dealkylation sites (tertiary alicyclic amines) is 1. The Morgan fingerprint density at radius 3 is 2.58 bits per heavy atom. The number of hydrazone groups is 1. The fourth-order valence-corrected chi connectivity index (χ4v) is 2.55. The minimum Gasteiger partial charge on any atom is -0.481 e. The van der Waals surface area contributed by atoms with E-state index in [0.29, 0.717) is 25.1 Å². The van der Waals surface area contributed by atoms with Crippen molar-refractivity contribution in [2.24, 2.45) is 11.0 Å². The molecule has 0 aromatic heterocycles. The molecule has 1 fully saturated rings. The molecule has 2 heterocycles. The summed E-state index contributed by atoms with van der Waals surface area (Å²) in [5.74, 6) is -1.77. The topological polar surface area (TPSA) is 90.3 Å². The van der Waals surface area contributed by atoms with Gasteiger partial charge in [-0.1, -0.05) is 0 Å². The molecule has 104 valence electrons. The van der Waals surface area contributed by atoms with E-state index in [2.05, 4.69) is 5.10 Å². The number of hydrogen-bond acceptors (Lipinski definition) is 4. The van der Waals surface area contributed by atoms with Crippen LogP contribution in [0.3, 0.4) is 0 Å². The van der Waals surface area contributed by atoms with Gasteiger partial charge in [-0.15, -0.1) is 0 Å². The molecule has 2 aliphatic heterocycles. The van der Waals surface area contributed by atoms with Crippen LogP contribution in [-0.2, 0) is 14.4 Å². The van der Waals surface area contributed by atoms with Crippen molar-refractivity contribution in [3.05, 3.63) is 0 Å². The van der Waals surface area contributed by atoms with Gasteiger partial charge in [0, 0.05) is 32.5 Å². The van der Waals surface area contributed by atoms with Gasteiger partial charge in [-0.25, -0.2) is 5.01 Å². The number of nitrogens with zero attached hydrogens (tertiary/aromatic N) is 3. The number of carboxylic acid groups (broad SMARTS) is 1. The van der Waals surface area contributed by atoms with E-state index in [1.54, 1.807) is 11.8 Å². The second-order valence-electron chi connectivity index (χ2n) is 4.94. The largest absolute Gasteiger partial charge is 0.481 e. The Hall–Kier alpha value is -1.92. The Morgan fingerprint density at radius 1 is 1.37 bits per heavy atom. The second-order valence-corrected chi connectivity index (χ2v) is 4.94. The van der Waals surface area contributed by atoms with Gasteiger partial charge < -0.3 is 10.0 Å². The van der Waals surface area contributed by atoms with Crippen LogP contribution in [0.25, 0.3) is 0 Å². The predicted octanol–water partition coefficient (Wildman–Crippen LogP) is -0.0838. The molecule has 7 heteroatoms. The van der Waals surface area contributed by atoms with Crippen LogP contribution in [0.5, 0.6) is 0 Å². The summed E-state index contributed by atoms with van der Waals surface area (Å²) in [7, 11) is 1.52. The normalized spacial score (nSPS) is 27.5. The Labute approximate surface area is 110 Å². The van der Waals surface area contributed by atoms with Gasteiger partial charge in [-0.05, 0) is 13.3 Å². The van der Waals surface area contributed by atoms with Crippen LogP contribution in [-0.4, -0.2) is 58.1 Å². The van der Waals surface area contributed by atoms with E-state index in [0.717, 1.165) is 0 Å². The highest BCUT2D eigenvalue weighted by molar-refractivity contribution is 6.39. The summed E-state index contributed by atoms with van der Waals surface area (Å²) in [4.78, 5) is 36.2. The lowest BCUT2D eigenvalue weighted by Gasteiger charge is -2.26. The first-order chi connectivity index (χ1) is 8.91. The summed E-state index contributed by atoms with van der Waals surface area (Å²) in [6.45, 7) is 2.16. The van der Waals surface area contributed by atoms with Crippen molar-refractivity contribution in [2.75, 3.05) is 13.6 Å². The van der Waals surface area contributed by atoms with Crippen LogP contribution in [0.4, 0.5) is 0 Å². The lowest BCUT2D eigenvalue weighted by atomic mass is 10.0. The maximum absolute atomic E-state index is 12.3.